The van der Waals surface area contributed by atoms with Crippen molar-refractivity contribution in [3.8, 4) is 11.5 Å². The molecule has 0 unspecified atom stereocenters. The molecule has 0 bridgehead atoms. The summed E-state index contributed by atoms with van der Waals surface area (Å²) in [5.74, 6) is 0.159. The zero-order valence-corrected chi connectivity index (χ0v) is 26.0. The van der Waals surface area contributed by atoms with Crippen molar-refractivity contribution in [2.45, 2.75) is 19.8 Å². The first-order valence-electron chi connectivity index (χ1n) is 15.5. The summed E-state index contributed by atoms with van der Waals surface area (Å²) < 4.78 is 0. The lowest BCUT2D eigenvalue weighted by atomic mass is 9.81. The molecule has 7 rings (SSSR count). The third-order valence-electron chi connectivity index (χ3n) is 8.55. The molecule has 0 aliphatic rings. The van der Waals surface area contributed by atoms with Gasteiger partial charge in [0, 0.05) is 16.7 Å². The summed E-state index contributed by atoms with van der Waals surface area (Å²) in [5, 5.41) is 42.7. The fourth-order valence-electron chi connectivity index (χ4n) is 6.18. The summed E-state index contributed by atoms with van der Waals surface area (Å²) in [5.41, 5.74) is 7.95. The number of benzene rings is 7. The Balaban J connectivity index is 1.22. The summed E-state index contributed by atoms with van der Waals surface area (Å²) in [6.07, 6.45) is 0. The average molecular weight is 613 g/mol. The smallest absolute Gasteiger partial charge is 0.143 e. The summed E-state index contributed by atoms with van der Waals surface area (Å²) in [6, 6.07) is 45.4. The minimum atomic E-state index is -0.0302. The van der Waals surface area contributed by atoms with Gasteiger partial charge in [-0.05, 0) is 88.8 Å². The molecule has 0 saturated carbocycles. The quantitative estimate of drug-likeness (QED) is 0.138. The van der Waals surface area contributed by atoms with Crippen LogP contribution in [0.4, 0.5) is 22.7 Å². The molecule has 2 N–H and O–H groups in total. The van der Waals surface area contributed by atoms with Crippen molar-refractivity contribution in [1.29, 1.82) is 0 Å². The van der Waals surface area contributed by atoms with Gasteiger partial charge in [-0.25, -0.2) is 0 Å². The van der Waals surface area contributed by atoms with Crippen molar-refractivity contribution >= 4 is 44.3 Å². The topological polar surface area (TPSA) is 89.9 Å². The Kier molecular flexibility index (Phi) is 7.99. The largest absolute Gasteiger partial charge is 0.506 e. The molecule has 0 heterocycles. The second-order valence-electron chi connectivity index (χ2n) is 11.6. The third-order valence-corrected chi connectivity index (χ3v) is 8.55. The molecule has 0 spiro atoms. The minimum Gasteiger partial charge on any atom is -0.506 e. The van der Waals surface area contributed by atoms with Gasteiger partial charge in [-0.15, -0.1) is 10.2 Å². The first-order valence-corrected chi connectivity index (χ1v) is 15.5. The standard InChI is InChI=1S/C41H32N4O2/c1-26-24-31(42-44-40-35-14-8-6-10-28(35)16-22-37(40)46)18-20-33(26)39(30-12-4-3-5-13-30)34-21-19-32(25-27(34)2)43-45-41-36-15-9-7-11-29(36)17-23-38(41)47/h3-25,39,46-47H,1-2H3. The Bertz CT molecular complexity index is 2170. The van der Waals surface area contributed by atoms with Crippen LogP contribution in [0.1, 0.15) is 33.7 Å². The lowest BCUT2D eigenvalue weighted by molar-refractivity contribution is 0.476. The van der Waals surface area contributed by atoms with Crippen LogP contribution in [0.2, 0.25) is 0 Å². The Morgan fingerprint density at radius 2 is 0.894 bits per heavy atom. The van der Waals surface area contributed by atoms with Gasteiger partial charge in [0.1, 0.15) is 22.9 Å². The summed E-state index contributed by atoms with van der Waals surface area (Å²) >= 11 is 0. The maximum atomic E-state index is 10.5. The SMILES string of the molecule is Cc1cc(N=Nc2c(O)ccc3ccccc23)ccc1C(c1ccccc1)c1ccc(N=Nc2c(O)ccc3ccccc23)cc1C. The monoisotopic (exact) mass is 612 g/mol. The van der Waals surface area contributed by atoms with E-state index in [1.54, 1.807) is 12.1 Å². The lowest BCUT2D eigenvalue weighted by Crippen LogP contribution is -2.07. The fourth-order valence-corrected chi connectivity index (χ4v) is 6.18. The number of hydrogen-bond acceptors (Lipinski definition) is 6. The Morgan fingerprint density at radius 3 is 1.36 bits per heavy atom. The van der Waals surface area contributed by atoms with E-state index in [0.717, 1.165) is 43.8 Å². The van der Waals surface area contributed by atoms with Crippen molar-refractivity contribution < 1.29 is 10.2 Å². The average Bonchev–Trinajstić information content (AvgIpc) is 3.09. The summed E-state index contributed by atoms with van der Waals surface area (Å²) in [4.78, 5) is 0. The normalized spacial score (nSPS) is 12.4. The minimum absolute atomic E-state index is 0.0302. The van der Waals surface area contributed by atoms with E-state index in [2.05, 4.69) is 70.7 Å². The number of aromatic hydroxyl groups is 2. The van der Waals surface area contributed by atoms with Gasteiger partial charge in [-0.3, -0.25) is 0 Å². The zero-order valence-electron chi connectivity index (χ0n) is 26.0. The van der Waals surface area contributed by atoms with E-state index < -0.39 is 0 Å². The number of rotatable bonds is 7. The Hall–Kier alpha value is -6.14. The molecule has 228 valence electrons. The van der Waals surface area contributed by atoms with Crippen LogP contribution in [0, 0.1) is 13.8 Å². The highest BCUT2D eigenvalue weighted by molar-refractivity contribution is 5.96. The highest BCUT2D eigenvalue weighted by Crippen LogP contribution is 2.40. The number of fused-ring (bicyclic) bond motifs is 2. The van der Waals surface area contributed by atoms with Gasteiger partial charge < -0.3 is 10.2 Å². The van der Waals surface area contributed by atoms with E-state index >= 15 is 0 Å². The van der Waals surface area contributed by atoms with E-state index in [1.807, 2.05) is 91.0 Å². The van der Waals surface area contributed by atoms with Crippen LogP contribution < -0.4 is 0 Å². The highest BCUT2D eigenvalue weighted by Gasteiger charge is 2.21. The van der Waals surface area contributed by atoms with Crippen LogP contribution in [0.25, 0.3) is 21.5 Å². The molecule has 6 heteroatoms. The van der Waals surface area contributed by atoms with Gasteiger partial charge in [0.05, 0.1) is 11.4 Å². The predicted octanol–water partition coefficient (Wildman–Crippen LogP) is 12.0. The van der Waals surface area contributed by atoms with Gasteiger partial charge in [0.2, 0.25) is 0 Å². The van der Waals surface area contributed by atoms with Gasteiger partial charge in [-0.2, -0.15) is 10.2 Å². The molecule has 7 aromatic rings. The molecule has 0 atom stereocenters. The van der Waals surface area contributed by atoms with E-state index in [9.17, 15) is 10.2 Å². The molecule has 0 fully saturated rings. The van der Waals surface area contributed by atoms with Crippen molar-refractivity contribution in [2.24, 2.45) is 20.5 Å². The molecule has 0 aromatic heterocycles. The Labute approximate surface area is 273 Å². The van der Waals surface area contributed by atoms with E-state index in [-0.39, 0.29) is 17.4 Å². The highest BCUT2D eigenvalue weighted by atomic mass is 16.3. The maximum Gasteiger partial charge on any atom is 0.143 e. The zero-order chi connectivity index (χ0) is 32.3. The number of nitrogens with zero attached hydrogens (tertiary/aromatic N) is 4. The van der Waals surface area contributed by atoms with Crippen molar-refractivity contribution in [1.82, 2.24) is 0 Å². The second-order valence-corrected chi connectivity index (χ2v) is 11.6. The summed E-state index contributed by atoms with van der Waals surface area (Å²) in [6.45, 7) is 4.18. The van der Waals surface area contributed by atoms with Crippen LogP contribution in [-0.4, -0.2) is 10.2 Å². The van der Waals surface area contributed by atoms with Crippen molar-refractivity contribution in [3.63, 3.8) is 0 Å². The predicted molar refractivity (Wildman–Crippen MR) is 189 cm³/mol. The molecular weight excluding hydrogens is 580 g/mol. The van der Waals surface area contributed by atoms with Crippen molar-refractivity contribution in [3.05, 3.63) is 167 Å². The fraction of sp³-hybridized carbons (Fsp3) is 0.0732. The molecule has 47 heavy (non-hydrogen) atoms. The number of azo groups is 2. The molecule has 0 aliphatic heterocycles. The van der Waals surface area contributed by atoms with Gasteiger partial charge in [-0.1, -0.05) is 103 Å². The molecule has 0 aliphatic carbocycles. The third kappa shape index (κ3) is 5.97. The molecular formula is C41H32N4O2. The second kappa shape index (κ2) is 12.7. The van der Waals surface area contributed by atoms with E-state index in [4.69, 9.17) is 0 Å². The summed E-state index contributed by atoms with van der Waals surface area (Å²) in [7, 11) is 0. The molecule has 0 saturated heterocycles. The first-order chi connectivity index (χ1) is 23.0. The molecule has 0 radical (unpaired) electrons. The molecule has 6 nitrogen and oxygen atoms in total. The van der Waals surface area contributed by atoms with Gasteiger partial charge in [0.15, 0.2) is 0 Å². The van der Waals surface area contributed by atoms with Crippen molar-refractivity contribution in [2.75, 3.05) is 0 Å². The van der Waals surface area contributed by atoms with Crippen LogP contribution in [0.3, 0.4) is 0 Å². The van der Waals surface area contributed by atoms with Gasteiger partial charge in [0.25, 0.3) is 0 Å². The number of hydrogen-bond donors (Lipinski definition) is 2. The Morgan fingerprint density at radius 1 is 0.447 bits per heavy atom. The van der Waals surface area contributed by atoms with Gasteiger partial charge >= 0.3 is 0 Å². The molecule has 7 aromatic carbocycles. The van der Waals surface area contributed by atoms with Crippen LogP contribution >= 0.6 is 0 Å². The van der Waals surface area contributed by atoms with E-state index in [1.165, 1.54) is 5.56 Å². The first kappa shape index (κ1) is 29.6. The number of phenols is 2. The lowest BCUT2D eigenvalue weighted by Gasteiger charge is -2.23. The van der Waals surface area contributed by atoms with Crippen LogP contribution in [0.5, 0.6) is 11.5 Å². The van der Waals surface area contributed by atoms with Crippen LogP contribution in [0.15, 0.2) is 160 Å². The number of phenolic OH excluding ortho intramolecular Hbond substituents is 2. The number of aryl methyl sites for hydroxylation is 2. The van der Waals surface area contributed by atoms with E-state index in [0.29, 0.717) is 22.7 Å². The van der Waals surface area contributed by atoms with Crippen LogP contribution in [-0.2, 0) is 0 Å². The molecule has 0 amide bonds. The maximum absolute atomic E-state index is 10.5.